The van der Waals surface area contributed by atoms with Crippen LogP contribution >= 0.6 is 0 Å². The first kappa shape index (κ1) is 39.2. The molecule has 2 aromatic carbocycles. The number of sulfonamides is 1. The second-order valence-corrected chi connectivity index (χ2v) is 17.3. The fraction of sp³-hybridized carbons (Fsp3) is 0.425. The van der Waals surface area contributed by atoms with E-state index in [1.165, 1.54) is 5.06 Å². The number of carbonyl (C=O) groups is 2. The van der Waals surface area contributed by atoms with Gasteiger partial charge in [0.2, 0.25) is 5.60 Å². The van der Waals surface area contributed by atoms with E-state index in [9.17, 15) is 32.4 Å². The highest BCUT2D eigenvalue weighted by molar-refractivity contribution is 7.90. The van der Waals surface area contributed by atoms with Crippen molar-refractivity contribution >= 4 is 38.7 Å². The average Bonchev–Trinajstić information content (AvgIpc) is 3.50. The van der Waals surface area contributed by atoms with Gasteiger partial charge in [0.15, 0.2) is 0 Å². The summed E-state index contributed by atoms with van der Waals surface area (Å²) in [4.78, 5) is 50.0. The Labute approximate surface area is 323 Å². The van der Waals surface area contributed by atoms with Crippen LogP contribution < -0.4 is 10.3 Å². The van der Waals surface area contributed by atoms with E-state index >= 15 is 0 Å². The Bertz CT molecular complexity index is 2410. The number of piperidine rings is 1. The van der Waals surface area contributed by atoms with E-state index in [1.54, 1.807) is 17.6 Å². The van der Waals surface area contributed by atoms with Crippen LogP contribution in [-0.2, 0) is 52.6 Å². The number of nitrogens with one attached hydrogen (secondary N) is 1. The zero-order valence-corrected chi connectivity index (χ0v) is 32.6. The standard InChI is InChI=1S/C40H44FN5O9S/c1-6-40(30-18-32-35-25(17-24-9-7-8-10-31(24)43-35)22-45(32)36(48)29(30)23-54-37(40)49)55-34(47)21-42-33(44-56(51,52)28-13-11-26(41)12-14-28)15-16-53-27-19-38(2,3)46(50)39(4,5)20-27/h7-14,17-18,27,50H,6,15-16,19-23H2,1-5H3,(H,42,44)/t40-/m0/s1. The molecule has 1 fully saturated rings. The molecular weight excluding hydrogens is 746 g/mol. The summed E-state index contributed by atoms with van der Waals surface area (Å²) in [7, 11) is -4.28. The van der Waals surface area contributed by atoms with Crippen molar-refractivity contribution in [2.75, 3.05) is 13.2 Å². The number of ether oxygens (including phenoxy) is 3. The molecule has 0 radical (unpaired) electrons. The smallest absolute Gasteiger partial charge is 0.355 e. The summed E-state index contributed by atoms with van der Waals surface area (Å²) in [5.41, 5.74) is -0.589. The molecule has 0 saturated carbocycles. The number of halogens is 1. The van der Waals surface area contributed by atoms with Gasteiger partial charge in [-0.3, -0.25) is 14.5 Å². The summed E-state index contributed by atoms with van der Waals surface area (Å²) in [6, 6.07) is 15.4. The lowest BCUT2D eigenvalue weighted by atomic mass is 9.80. The summed E-state index contributed by atoms with van der Waals surface area (Å²) in [5.74, 6) is -2.61. The molecule has 16 heteroatoms. The lowest BCUT2D eigenvalue weighted by Gasteiger charge is -2.51. The van der Waals surface area contributed by atoms with Crippen LogP contribution in [0.4, 0.5) is 4.39 Å². The normalized spacial score (nSPS) is 20.6. The number of para-hydroxylation sites is 1. The Morgan fingerprint density at radius 3 is 2.46 bits per heavy atom. The number of cyclic esters (lactones) is 1. The molecule has 0 unspecified atom stereocenters. The van der Waals surface area contributed by atoms with Gasteiger partial charge in [0.25, 0.3) is 15.6 Å². The average molecular weight is 790 g/mol. The largest absolute Gasteiger partial charge is 0.457 e. The van der Waals surface area contributed by atoms with E-state index in [-0.39, 0.29) is 60.6 Å². The van der Waals surface area contributed by atoms with E-state index in [2.05, 4.69) is 9.71 Å². The molecule has 2 aromatic heterocycles. The molecule has 14 nitrogen and oxygen atoms in total. The van der Waals surface area contributed by atoms with Crippen LogP contribution in [-0.4, -0.2) is 76.3 Å². The van der Waals surface area contributed by atoms with Crippen LogP contribution in [0, 0.1) is 5.82 Å². The minimum atomic E-state index is -4.28. The number of aromatic nitrogens is 2. The summed E-state index contributed by atoms with van der Waals surface area (Å²) in [5, 5.41) is 12.9. The van der Waals surface area contributed by atoms with E-state index in [0.717, 1.165) is 40.7 Å². The van der Waals surface area contributed by atoms with Crippen molar-refractivity contribution in [3.8, 4) is 11.4 Å². The number of nitrogens with zero attached hydrogens (tertiary/aromatic N) is 4. The second-order valence-electron chi connectivity index (χ2n) is 15.6. The Balaban J connectivity index is 1.15. The van der Waals surface area contributed by atoms with Gasteiger partial charge in [-0.2, -0.15) is 5.06 Å². The number of hydroxylamine groups is 2. The number of aliphatic imine (C=N–C) groups is 1. The highest BCUT2D eigenvalue weighted by Gasteiger charge is 2.50. The highest BCUT2D eigenvalue weighted by Crippen LogP contribution is 2.41. The number of hydrogen-bond donors (Lipinski definition) is 2. The number of fused-ring (bicyclic) bond motifs is 5. The molecule has 1 atom stereocenters. The van der Waals surface area contributed by atoms with Crippen LogP contribution in [0.25, 0.3) is 22.3 Å². The molecule has 4 aromatic rings. The molecule has 0 bridgehead atoms. The van der Waals surface area contributed by atoms with E-state index < -0.39 is 56.6 Å². The molecule has 0 spiro atoms. The van der Waals surface area contributed by atoms with Gasteiger partial charge in [-0.25, -0.2) is 27.4 Å². The van der Waals surface area contributed by atoms with Crippen LogP contribution in [0.5, 0.6) is 0 Å². The zero-order chi connectivity index (χ0) is 40.2. The van der Waals surface area contributed by atoms with Gasteiger partial charge >= 0.3 is 11.9 Å². The van der Waals surface area contributed by atoms with Crippen LogP contribution in [0.1, 0.15) is 77.0 Å². The van der Waals surface area contributed by atoms with Gasteiger partial charge in [0.1, 0.15) is 24.8 Å². The van der Waals surface area contributed by atoms with Crippen molar-refractivity contribution in [3.05, 3.63) is 93.5 Å². The lowest BCUT2D eigenvalue weighted by Crippen LogP contribution is -2.60. The fourth-order valence-electron chi connectivity index (χ4n) is 8.08. The number of rotatable bonds is 10. The van der Waals surface area contributed by atoms with E-state index in [1.807, 2.05) is 58.0 Å². The first-order valence-corrected chi connectivity index (χ1v) is 19.9. The molecule has 1 saturated heterocycles. The number of hydrogen-bond acceptors (Lipinski definition) is 12. The van der Waals surface area contributed by atoms with Gasteiger partial charge < -0.3 is 24.0 Å². The first-order chi connectivity index (χ1) is 26.4. The molecule has 3 aliphatic rings. The SMILES string of the molecule is CC[C@@]1(OC(=O)CN=C(CCOC2CC(C)(C)N(O)C(C)(C)C2)NS(=O)(=O)c2ccc(F)cc2)C(=O)OCc2c1cc1n(c2=O)Cc2cc3ccccc3nc2-1. The molecule has 296 valence electrons. The summed E-state index contributed by atoms with van der Waals surface area (Å²) in [6.07, 6.45) is 0.550. The van der Waals surface area contributed by atoms with Crippen molar-refractivity contribution in [2.24, 2.45) is 4.99 Å². The molecule has 0 amide bonds. The quantitative estimate of drug-likeness (QED) is 0.111. The molecular formula is C40H44FN5O9S. The van der Waals surface area contributed by atoms with Crippen LogP contribution in [0.15, 0.2) is 75.3 Å². The lowest BCUT2D eigenvalue weighted by molar-refractivity contribution is -0.261. The van der Waals surface area contributed by atoms with Crippen molar-refractivity contribution in [1.82, 2.24) is 19.3 Å². The van der Waals surface area contributed by atoms with Crippen molar-refractivity contribution in [3.63, 3.8) is 0 Å². The van der Waals surface area contributed by atoms with Gasteiger partial charge in [-0.1, -0.05) is 25.1 Å². The third kappa shape index (κ3) is 7.22. The maximum Gasteiger partial charge on any atom is 0.355 e. The topological polar surface area (TPSA) is 179 Å². The Hall–Kier alpha value is -5.03. The third-order valence-electron chi connectivity index (χ3n) is 10.7. The third-order valence-corrected chi connectivity index (χ3v) is 12.1. The molecule has 3 aliphatic heterocycles. The monoisotopic (exact) mass is 789 g/mol. The Morgan fingerprint density at radius 1 is 1.07 bits per heavy atom. The van der Waals surface area contributed by atoms with Gasteiger partial charge in [0, 0.05) is 34.0 Å². The number of benzene rings is 2. The first-order valence-electron chi connectivity index (χ1n) is 18.4. The number of carbonyl (C=O) groups excluding carboxylic acids is 2. The zero-order valence-electron chi connectivity index (χ0n) is 31.8. The summed E-state index contributed by atoms with van der Waals surface area (Å²) < 4.78 is 61.8. The molecule has 2 N–H and O–H groups in total. The highest BCUT2D eigenvalue weighted by atomic mass is 32.2. The van der Waals surface area contributed by atoms with Crippen molar-refractivity contribution in [1.29, 1.82) is 0 Å². The number of esters is 2. The van der Waals surface area contributed by atoms with E-state index in [0.29, 0.717) is 24.2 Å². The van der Waals surface area contributed by atoms with Crippen molar-refractivity contribution < 1.29 is 41.8 Å². The fourth-order valence-corrected chi connectivity index (χ4v) is 9.17. The van der Waals surface area contributed by atoms with Gasteiger partial charge in [-0.15, -0.1) is 0 Å². The minimum Gasteiger partial charge on any atom is -0.457 e. The number of amidine groups is 1. The predicted octanol–water partition coefficient (Wildman–Crippen LogP) is 4.96. The number of pyridine rings is 2. The summed E-state index contributed by atoms with van der Waals surface area (Å²) >= 11 is 0. The van der Waals surface area contributed by atoms with Crippen molar-refractivity contribution in [2.45, 2.75) is 101 Å². The predicted molar refractivity (Wildman–Crippen MR) is 203 cm³/mol. The molecule has 5 heterocycles. The minimum absolute atomic E-state index is 0.000518. The molecule has 0 aliphatic carbocycles. The van der Waals surface area contributed by atoms with Gasteiger partial charge in [0.05, 0.1) is 46.6 Å². The molecule has 7 rings (SSSR count). The Morgan fingerprint density at radius 2 is 1.77 bits per heavy atom. The maximum absolute atomic E-state index is 13.9. The maximum atomic E-state index is 13.9. The van der Waals surface area contributed by atoms with Gasteiger partial charge in [-0.05, 0) is 89.4 Å². The Kier molecular flexibility index (Phi) is 10.1. The van der Waals surface area contributed by atoms with Crippen LogP contribution in [0.2, 0.25) is 0 Å². The molecule has 56 heavy (non-hydrogen) atoms. The second kappa shape index (κ2) is 14.5. The van der Waals surface area contributed by atoms with E-state index in [4.69, 9.17) is 19.2 Å². The van der Waals surface area contributed by atoms with Crippen LogP contribution in [0.3, 0.4) is 0 Å². The summed E-state index contributed by atoms with van der Waals surface area (Å²) in [6.45, 7) is 8.45.